The Morgan fingerprint density at radius 3 is 2.82 bits per heavy atom. The number of anilines is 1. The van der Waals surface area contributed by atoms with Crippen molar-refractivity contribution in [1.29, 1.82) is 0 Å². The van der Waals surface area contributed by atoms with E-state index in [2.05, 4.69) is 26.2 Å². The maximum atomic E-state index is 12.9. The third-order valence-electron chi connectivity index (χ3n) is 6.12. The van der Waals surface area contributed by atoms with Crippen molar-refractivity contribution < 1.29 is 17.9 Å². The van der Waals surface area contributed by atoms with Gasteiger partial charge in [0.1, 0.15) is 6.61 Å². The fourth-order valence-corrected chi connectivity index (χ4v) is 5.30. The molecule has 3 heterocycles. The van der Waals surface area contributed by atoms with E-state index >= 15 is 0 Å². The lowest BCUT2D eigenvalue weighted by Gasteiger charge is -2.25. The molecular weight excluding hydrogens is 442 g/mol. The maximum absolute atomic E-state index is 12.9. The van der Waals surface area contributed by atoms with Crippen LogP contribution >= 0.6 is 0 Å². The summed E-state index contributed by atoms with van der Waals surface area (Å²) in [7, 11) is -4.17. The number of pyridine rings is 1. The number of ether oxygens (including phenoxy) is 1. The summed E-state index contributed by atoms with van der Waals surface area (Å²) >= 11 is 0. The highest BCUT2D eigenvalue weighted by Crippen LogP contribution is 2.40. The minimum atomic E-state index is -4.17. The van der Waals surface area contributed by atoms with Crippen molar-refractivity contribution in [2.75, 3.05) is 11.9 Å². The molecule has 0 radical (unpaired) electrons. The molecule has 2 N–H and O–H groups in total. The van der Waals surface area contributed by atoms with E-state index in [-0.39, 0.29) is 11.6 Å². The van der Waals surface area contributed by atoms with Crippen LogP contribution in [-0.4, -0.2) is 35.8 Å². The zero-order valence-corrected chi connectivity index (χ0v) is 19.5. The first kappa shape index (κ1) is 21.4. The number of rotatable bonds is 0. The molecule has 2 aliphatic rings. The number of sulfonamides is 1. The number of nitrogens with zero attached hydrogens (tertiary/aromatic N) is 3. The number of urea groups is 1. The van der Waals surface area contributed by atoms with E-state index in [1.54, 1.807) is 12.4 Å². The maximum Gasteiger partial charge on any atom is 0.333 e. The Bertz CT molecular complexity index is 1380. The van der Waals surface area contributed by atoms with Crippen LogP contribution in [0.4, 0.5) is 10.5 Å². The van der Waals surface area contributed by atoms with E-state index in [1.807, 2.05) is 32.9 Å². The number of aryl methyl sites for hydroxylation is 2. The van der Waals surface area contributed by atoms with Crippen LogP contribution in [0.5, 0.6) is 5.88 Å². The van der Waals surface area contributed by atoms with Crippen LogP contribution in [0.2, 0.25) is 0 Å². The quantitative estimate of drug-likeness (QED) is 0.524. The topological polar surface area (TPSA) is 115 Å². The van der Waals surface area contributed by atoms with Gasteiger partial charge in [-0.1, -0.05) is 6.07 Å². The average Bonchev–Trinajstić information content (AvgIpc) is 3.42. The van der Waals surface area contributed by atoms with Gasteiger partial charge in [0.2, 0.25) is 5.88 Å². The molecule has 1 aliphatic carbocycles. The highest BCUT2D eigenvalue weighted by molar-refractivity contribution is 7.90. The highest BCUT2D eigenvalue weighted by Gasteiger charge is 2.29. The number of hydrogen-bond acceptors (Lipinski definition) is 6. The summed E-state index contributed by atoms with van der Waals surface area (Å²) in [6.45, 7) is 5.95. The van der Waals surface area contributed by atoms with Gasteiger partial charge in [0, 0.05) is 24.0 Å². The Hall–Kier alpha value is -3.40. The number of benzene rings is 1. The predicted octanol–water partition coefficient (Wildman–Crippen LogP) is 3.38. The predicted molar refractivity (Wildman–Crippen MR) is 123 cm³/mol. The lowest BCUT2D eigenvalue weighted by Crippen LogP contribution is -2.36. The monoisotopic (exact) mass is 467 g/mol. The van der Waals surface area contributed by atoms with Crippen molar-refractivity contribution in [1.82, 2.24) is 19.5 Å². The number of nitrogens with one attached hydrogen (secondary N) is 2. The van der Waals surface area contributed by atoms with Crippen LogP contribution in [0.1, 0.15) is 37.0 Å². The molecule has 2 amide bonds. The summed E-state index contributed by atoms with van der Waals surface area (Å²) in [6.07, 6.45) is 5.92. The van der Waals surface area contributed by atoms with Crippen LogP contribution in [0.25, 0.3) is 11.1 Å². The largest absolute Gasteiger partial charge is 0.475 e. The van der Waals surface area contributed by atoms with Crippen LogP contribution in [0.15, 0.2) is 41.7 Å². The van der Waals surface area contributed by atoms with Crippen molar-refractivity contribution in [2.24, 2.45) is 0 Å². The van der Waals surface area contributed by atoms with Crippen LogP contribution in [-0.2, 0) is 28.4 Å². The average molecular weight is 468 g/mol. The smallest absolute Gasteiger partial charge is 0.333 e. The Labute approximate surface area is 192 Å². The SMILES string of the molecule is Cc1cc2c(c3c1-c1ccnc(c1)OCC(C)(C)n1ccc(n1)S(=O)(=O)NC(=O)N3)CCC2. The number of carbonyl (C=O) groups excluding carboxylic acids is 1. The molecule has 33 heavy (non-hydrogen) atoms. The summed E-state index contributed by atoms with van der Waals surface area (Å²) in [4.78, 5) is 17.3. The van der Waals surface area contributed by atoms with Gasteiger partial charge in [0.05, 0.1) is 11.2 Å². The van der Waals surface area contributed by atoms with Gasteiger partial charge in [-0.3, -0.25) is 4.68 Å². The molecule has 0 spiro atoms. The fourth-order valence-electron chi connectivity index (χ4n) is 4.47. The third-order valence-corrected chi connectivity index (χ3v) is 7.34. The molecule has 0 atom stereocenters. The normalized spacial score (nSPS) is 18.6. The Kier molecular flexibility index (Phi) is 4.93. The molecule has 0 saturated heterocycles. The molecule has 1 aromatic carbocycles. The van der Waals surface area contributed by atoms with Gasteiger partial charge in [-0.15, -0.1) is 0 Å². The Morgan fingerprint density at radius 2 is 2.00 bits per heavy atom. The molecule has 10 heteroatoms. The first-order valence-corrected chi connectivity index (χ1v) is 12.3. The number of fused-ring (bicyclic) bond motifs is 8. The number of hydrogen-bond donors (Lipinski definition) is 2. The zero-order valence-electron chi connectivity index (χ0n) is 18.7. The van der Waals surface area contributed by atoms with Crippen molar-refractivity contribution in [2.45, 2.75) is 50.6 Å². The van der Waals surface area contributed by atoms with E-state index in [0.717, 1.165) is 41.5 Å². The molecule has 3 aromatic rings. The minimum absolute atomic E-state index is 0.214. The first-order chi connectivity index (χ1) is 15.6. The van der Waals surface area contributed by atoms with Crippen molar-refractivity contribution >= 4 is 21.7 Å². The fraction of sp³-hybridized carbons (Fsp3) is 0.348. The van der Waals surface area contributed by atoms with E-state index in [1.165, 1.54) is 16.3 Å². The zero-order chi connectivity index (χ0) is 23.4. The second kappa shape index (κ2) is 7.58. The Balaban J connectivity index is 1.69. The number of amides is 2. The van der Waals surface area contributed by atoms with Gasteiger partial charge in [-0.05, 0) is 74.4 Å². The highest BCUT2D eigenvalue weighted by atomic mass is 32.2. The summed E-state index contributed by atoms with van der Waals surface area (Å²) in [5.41, 5.74) is 4.78. The van der Waals surface area contributed by atoms with Gasteiger partial charge in [-0.2, -0.15) is 13.5 Å². The summed E-state index contributed by atoms with van der Waals surface area (Å²) < 4.78 is 35.3. The standard InChI is InChI=1S/C23H25N5O4S/c1-14-11-15-5-4-6-17(15)21-20(14)16-7-9-24-18(12-16)32-13-23(2,3)28-10-8-19(26-28)33(30,31)27-22(29)25-21/h7-12H,4-6,13H2,1-3H3,(H2,25,27,29). The van der Waals surface area contributed by atoms with E-state index in [0.29, 0.717) is 11.6 Å². The molecule has 172 valence electrons. The molecule has 0 fully saturated rings. The van der Waals surface area contributed by atoms with E-state index in [4.69, 9.17) is 4.74 Å². The molecule has 2 aromatic heterocycles. The van der Waals surface area contributed by atoms with Crippen LogP contribution in [0, 0.1) is 6.92 Å². The summed E-state index contributed by atoms with van der Waals surface area (Å²) in [5.74, 6) is 0.436. The molecule has 0 saturated carbocycles. The molecular formula is C23H25N5O4S. The first-order valence-electron chi connectivity index (χ1n) is 10.8. The van der Waals surface area contributed by atoms with Gasteiger partial charge in [0.25, 0.3) is 10.0 Å². The minimum Gasteiger partial charge on any atom is -0.475 e. The summed E-state index contributed by atoms with van der Waals surface area (Å²) in [6, 6.07) is 6.37. The molecule has 0 unspecified atom stereocenters. The van der Waals surface area contributed by atoms with Crippen molar-refractivity contribution in [3.05, 3.63) is 53.3 Å². The molecule has 5 rings (SSSR count). The second-order valence-corrected chi connectivity index (χ2v) is 10.7. The Morgan fingerprint density at radius 1 is 1.18 bits per heavy atom. The lowest BCUT2D eigenvalue weighted by molar-refractivity contribution is 0.164. The van der Waals surface area contributed by atoms with Crippen LogP contribution in [0.3, 0.4) is 0 Å². The third kappa shape index (κ3) is 3.84. The van der Waals surface area contributed by atoms with Gasteiger partial charge in [0.15, 0.2) is 5.03 Å². The van der Waals surface area contributed by atoms with Crippen LogP contribution < -0.4 is 14.8 Å². The van der Waals surface area contributed by atoms with Gasteiger partial charge in [-0.25, -0.2) is 14.5 Å². The van der Waals surface area contributed by atoms with Gasteiger partial charge < -0.3 is 10.1 Å². The van der Waals surface area contributed by atoms with Crippen molar-refractivity contribution in [3.63, 3.8) is 0 Å². The summed E-state index contributed by atoms with van der Waals surface area (Å²) in [5, 5.41) is 6.78. The number of carbonyl (C=O) groups is 1. The lowest BCUT2D eigenvalue weighted by atomic mass is 9.93. The molecule has 1 aliphatic heterocycles. The molecule has 9 nitrogen and oxygen atoms in total. The van der Waals surface area contributed by atoms with E-state index < -0.39 is 21.6 Å². The van der Waals surface area contributed by atoms with Crippen molar-refractivity contribution in [3.8, 4) is 17.0 Å². The second-order valence-electron chi connectivity index (χ2n) is 9.08. The van der Waals surface area contributed by atoms with Gasteiger partial charge >= 0.3 is 6.03 Å². The number of aromatic nitrogens is 3. The molecule has 4 bridgehead atoms. The van der Waals surface area contributed by atoms with E-state index in [9.17, 15) is 13.2 Å².